The molecule has 1 amide bonds. The van der Waals surface area contributed by atoms with Gasteiger partial charge in [-0.1, -0.05) is 48.5 Å². The number of rotatable bonds is 1. The molecule has 0 aromatic heterocycles. The smallest absolute Gasteiger partial charge is 0.253 e. The molecule has 24 heavy (non-hydrogen) atoms. The number of carbonyl (C=O) groups excluding carboxylic acids is 1. The van der Waals surface area contributed by atoms with E-state index in [-0.39, 0.29) is 28.7 Å². The van der Waals surface area contributed by atoms with Gasteiger partial charge in [-0.05, 0) is 24.3 Å². The van der Waals surface area contributed by atoms with Gasteiger partial charge >= 0.3 is 0 Å². The summed E-state index contributed by atoms with van der Waals surface area (Å²) >= 11 is 4.81. The van der Waals surface area contributed by atoms with E-state index in [0.29, 0.717) is 5.17 Å². The lowest BCUT2D eigenvalue weighted by Crippen LogP contribution is -2.38. The first-order valence-corrected chi connectivity index (χ1v) is 11.1. The number of anilines is 1. The summed E-state index contributed by atoms with van der Waals surface area (Å²) < 4.78 is 25.0. The molecule has 8 heteroatoms. The highest BCUT2D eigenvalue weighted by molar-refractivity contribution is 9.10. The van der Waals surface area contributed by atoms with Gasteiger partial charge in [0.2, 0.25) is 0 Å². The highest BCUT2D eigenvalue weighted by Gasteiger charge is 2.49. The van der Waals surface area contributed by atoms with Gasteiger partial charge in [0.1, 0.15) is 0 Å². The summed E-state index contributed by atoms with van der Waals surface area (Å²) in [4.78, 5) is 18.6. The molecule has 0 radical (unpaired) electrons. The van der Waals surface area contributed by atoms with Crippen LogP contribution in [0, 0.1) is 5.41 Å². The molecule has 5 nitrogen and oxygen atoms in total. The molecule has 0 bridgehead atoms. The summed E-state index contributed by atoms with van der Waals surface area (Å²) in [6.45, 7) is 5.48. The van der Waals surface area contributed by atoms with Gasteiger partial charge < -0.3 is 4.90 Å². The molecule has 1 aromatic rings. The monoisotopic (exact) mass is 430 g/mol. The Morgan fingerprint density at radius 1 is 1.25 bits per heavy atom. The number of amidine groups is 1. The van der Waals surface area contributed by atoms with Gasteiger partial charge in [-0.2, -0.15) is 4.99 Å². The second-order valence-corrected chi connectivity index (χ2v) is 11.4. The van der Waals surface area contributed by atoms with E-state index in [9.17, 15) is 13.2 Å². The number of hydrogen-bond donors (Lipinski definition) is 0. The topological polar surface area (TPSA) is 66.8 Å². The average molecular weight is 431 g/mol. The number of nitrogens with zero attached hydrogens (tertiary/aromatic N) is 2. The van der Waals surface area contributed by atoms with Crippen molar-refractivity contribution < 1.29 is 13.2 Å². The van der Waals surface area contributed by atoms with Gasteiger partial charge in [-0.3, -0.25) is 4.79 Å². The molecule has 2 fully saturated rings. The van der Waals surface area contributed by atoms with Crippen molar-refractivity contribution in [3.8, 4) is 0 Å². The number of halogens is 1. The fourth-order valence-corrected chi connectivity index (χ4v) is 6.90. The lowest BCUT2D eigenvalue weighted by atomic mass is 9.96. The first-order valence-electron chi connectivity index (χ1n) is 7.62. The van der Waals surface area contributed by atoms with Crippen LogP contribution in [0.15, 0.2) is 33.7 Å². The van der Waals surface area contributed by atoms with Crippen LogP contribution in [-0.2, 0) is 14.6 Å². The SMILES string of the molecule is CC(C)(C)C(=O)N=C1S[C@@H]2CS(=O)(=O)C[C@@H]2N1c1ccc(Br)cc1. The predicted molar refractivity (Wildman–Crippen MR) is 102 cm³/mol. The minimum absolute atomic E-state index is 0.0786. The van der Waals surface area contributed by atoms with E-state index in [4.69, 9.17) is 0 Å². The van der Waals surface area contributed by atoms with E-state index < -0.39 is 15.3 Å². The highest BCUT2D eigenvalue weighted by Crippen LogP contribution is 2.41. The molecular weight excluding hydrogens is 412 g/mol. The molecule has 2 heterocycles. The summed E-state index contributed by atoms with van der Waals surface area (Å²) in [5, 5.41) is 0.521. The molecule has 0 unspecified atom stereocenters. The molecule has 2 aliphatic rings. The predicted octanol–water partition coefficient (Wildman–Crippen LogP) is 3.10. The Balaban J connectivity index is 2.01. The zero-order valence-electron chi connectivity index (χ0n) is 13.7. The molecular formula is C16H19BrN2O3S2. The zero-order chi connectivity index (χ0) is 17.7. The normalized spacial score (nSPS) is 27.5. The summed E-state index contributed by atoms with van der Waals surface area (Å²) in [7, 11) is -3.05. The summed E-state index contributed by atoms with van der Waals surface area (Å²) in [6, 6.07) is 7.46. The molecule has 130 valence electrons. The largest absolute Gasteiger partial charge is 0.316 e. The van der Waals surface area contributed by atoms with Crippen molar-refractivity contribution in [1.82, 2.24) is 0 Å². The molecule has 2 saturated heterocycles. The summed E-state index contributed by atoms with van der Waals surface area (Å²) in [5.74, 6) is 0.0385. The van der Waals surface area contributed by atoms with Crippen LogP contribution in [0.4, 0.5) is 5.69 Å². The summed E-state index contributed by atoms with van der Waals surface area (Å²) in [5.41, 5.74) is 0.290. The van der Waals surface area contributed by atoms with Crippen LogP contribution in [0.25, 0.3) is 0 Å². The Morgan fingerprint density at radius 3 is 2.46 bits per heavy atom. The van der Waals surface area contributed by atoms with Gasteiger partial charge in [0.15, 0.2) is 15.0 Å². The first kappa shape index (κ1) is 17.9. The lowest BCUT2D eigenvalue weighted by Gasteiger charge is -2.25. The standard InChI is InChI=1S/C16H19BrN2O3S2/c1-16(2,3)14(20)18-15-19(11-6-4-10(17)5-7-11)12-8-24(21,22)9-13(12)23-15/h4-7,12-13H,8-9H2,1-3H3/t12-,13+/m0/s1. The maximum absolute atomic E-state index is 12.3. The Bertz CT molecular complexity index is 798. The number of thioether (sulfide) groups is 1. The second kappa shape index (κ2) is 6.14. The third kappa shape index (κ3) is 3.55. The number of hydrogen-bond acceptors (Lipinski definition) is 4. The van der Waals surface area contributed by atoms with Gasteiger partial charge in [0.05, 0.1) is 17.5 Å². The van der Waals surface area contributed by atoms with Crippen LogP contribution in [-0.4, -0.2) is 42.3 Å². The van der Waals surface area contributed by atoms with E-state index in [1.165, 1.54) is 11.8 Å². The minimum atomic E-state index is -3.05. The van der Waals surface area contributed by atoms with Crippen LogP contribution in [0.3, 0.4) is 0 Å². The van der Waals surface area contributed by atoms with E-state index in [0.717, 1.165) is 10.2 Å². The van der Waals surface area contributed by atoms with Crippen molar-refractivity contribution in [2.24, 2.45) is 10.4 Å². The Labute approximate surface area is 155 Å². The van der Waals surface area contributed by atoms with Gasteiger partial charge in [-0.25, -0.2) is 8.42 Å². The van der Waals surface area contributed by atoms with Crippen LogP contribution < -0.4 is 4.90 Å². The number of benzene rings is 1. The van der Waals surface area contributed by atoms with Gasteiger partial charge in [0, 0.05) is 20.8 Å². The first-order chi connectivity index (χ1) is 11.1. The van der Waals surface area contributed by atoms with Crippen molar-refractivity contribution >= 4 is 54.3 Å². The average Bonchev–Trinajstić information content (AvgIpc) is 2.90. The van der Waals surface area contributed by atoms with E-state index in [2.05, 4.69) is 20.9 Å². The fourth-order valence-electron chi connectivity index (χ4n) is 2.72. The second-order valence-electron chi connectivity index (χ2n) is 7.10. The van der Waals surface area contributed by atoms with Crippen molar-refractivity contribution in [3.63, 3.8) is 0 Å². The summed E-state index contributed by atoms with van der Waals surface area (Å²) in [6.07, 6.45) is 0. The number of fused-ring (bicyclic) bond motifs is 1. The molecule has 2 atom stereocenters. The molecule has 0 saturated carbocycles. The minimum Gasteiger partial charge on any atom is -0.316 e. The molecule has 3 rings (SSSR count). The lowest BCUT2D eigenvalue weighted by molar-refractivity contribution is -0.124. The highest BCUT2D eigenvalue weighted by atomic mass is 79.9. The zero-order valence-corrected chi connectivity index (χ0v) is 16.9. The van der Waals surface area contributed by atoms with Gasteiger partial charge in [0.25, 0.3) is 5.91 Å². The Kier molecular flexibility index (Phi) is 4.59. The Hall–Kier alpha value is -0.860. The molecule has 1 aromatic carbocycles. The van der Waals surface area contributed by atoms with E-state index in [1.807, 2.05) is 49.9 Å². The maximum atomic E-state index is 12.3. The van der Waals surface area contributed by atoms with Crippen LogP contribution >= 0.6 is 27.7 Å². The number of sulfone groups is 1. The molecule has 0 spiro atoms. The number of carbonyl (C=O) groups is 1. The maximum Gasteiger partial charge on any atom is 0.253 e. The fraction of sp³-hybridized carbons (Fsp3) is 0.500. The van der Waals surface area contributed by atoms with Crippen molar-refractivity contribution in [2.75, 3.05) is 16.4 Å². The third-order valence-corrected chi connectivity index (χ3v) is 7.75. The molecule has 2 aliphatic heterocycles. The molecule has 0 N–H and O–H groups in total. The van der Waals surface area contributed by atoms with Gasteiger partial charge in [-0.15, -0.1) is 0 Å². The number of aliphatic imine (C=N–C) groups is 1. The number of amides is 1. The van der Waals surface area contributed by atoms with Crippen LogP contribution in [0.5, 0.6) is 0 Å². The van der Waals surface area contributed by atoms with E-state index in [1.54, 1.807) is 0 Å². The van der Waals surface area contributed by atoms with E-state index >= 15 is 0 Å². The molecule has 0 aliphatic carbocycles. The third-order valence-electron chi connectivity index (χ3n) is 4.01. The van der Waals surface area contributed by atoms with Crippen LogP contribution in [0.1, 0.15) is 20.8 Å². The quantitative estimate of drug-likeness (QED) is 0.684. The van der Waals surface area contributed by atoms with Crippen molar-refractivity contribution in [1.29, 1.82) is 0 Å². The Morgan fingerprint density at radius 2 is 1.88 bits per heavy atom. The van der Waals surface area contributed by atoms with Crippen LogP contribution in [0.2, 0.25) is 0 Å². The van der Waals surface area contributed by atoms with Crippen molar-refractivity contribution in [2.45, 2.75) is 32.1 Å². The van der Waals surface area contributed by atoms with Crippen molar-refractivity contribution in [3.05, 3.63) is 28.7 Å².